The molecule has 0 bridgehead atoms. The average molecular weight is 654 g/mol. The van der Waals surface area contributed by atoms with Gasteiger partial charge in [-0.25, -0.2) is 8.42 Å². The average Bonchev–Trinajstić information content (AvgIpc) is 2.88. The van der Waals surface area contributed by atoms with Gasteiger partial charge < -0.3 is 18.9 Å². The van der Waals surface area contributed by atoms with Crippen molar-refractivity contribution in [3.05, 3.63) is 63.9 Å². The first kappa shape index (κ1) is 36.8. The molecule has 1 aromatic rings. The Morgan fingerprint density at radius 3 is 2.20 bits per heavy atom. The highest BCUT2D eigenvalue weighted by Gasteiger charge is 2.27. The molecule has 8 nitrogen and oxygen atoms in total. The van der Waals surface area contributed by atoms with Gasteiger partial charge in [0.05, 0.1) is 21.7 Å². The first-order chi connectivity index (χ1) is 19.1. The maximum Gasteiger partial charge on any atom is 0.303 e. The van der Waals surface area contributed by atoms with Gasteiger partial charge in [0.25, 0.3) is 0 Å². The largest absolute Gasteiger partial charge is 0.489 e. The van der Waals surface area contributed by atoms with E-state index in [9.17, 15) is 18.0 Å². The summed E-state index contributed by atoms with van der Waals surface area (Å²) in [4.78, 5) is 22.7. The van der Waals surface area contributed by atoms with Crippen LogP contribution in [0.5, 0.6) is 5.75 Å². The maximum atomic E-state index is 12.0. The van der Waals surface area contributed by atoms with E-state index in [1.165, 1.54) is 20.8 Å². The number of benzene rings is 1. The highest BCUT2D eigenvalue weighted by atomic mass is 35.5. The number of halogens is 3. The normalized spacial score (nSPS) is 14.2. The van der Waals surface area contributed by atoms with E-state index >= 15 is 0 Å². The molecule has 0 heterocycles. The summed E-state index contributed by atoms with van der Waals surface area (Å²) < 4.78 is 45.7. The molecule has 0 fully saturated rings. The van der Waals surface area contributed by atoms with E-state index in [4.69, 9.17) is 53.8 Å². The Morgan fingerprint density at radius 1 is 1.07 bits per heavy atom. The molecule has 12 heteroatoms. The van der Waals surface area contributed by atoms with Crippen LogP contribution >= 0.6 is 34.8 Å². The molecule has 41 heavy (non-hydrogen) atoms. The lowest BCUT2D eigenvalue weighted by Gasteiger charge is -2.28. The van der Waals surface area contributed by atoms with Crippen LogP contribution in [0.2, 0.25) is 5.02 Å². The molecule has 0 aromatic heterocycles. The Balaban J connectivity index is 3.10. The number of carbonyl (C=O) groups is 2. The Labute approximate surface area is 258 Å². The van der Waals surface area contributed by atoms with Gasteiger partial charge in [-0.1, -0.05) is 69.6 Å². The zero-order valence-electron chi connectivity index (χ0n) is 24.3. The molecular formula is C29H39Cl3O8S. The Bertz CT molecular complexity index is 1240. The quantitative estimate of drug-likeness (QED) is 0.0810. The van der Waals surface area contributed by atoms with E-state index in [2.05, 4.69) is 6.58 Å². The number of sulfone groups is 1. The van der Waals surface area contributed by atoms with Crippen molar-refractivity contribution in [2.45, 2.75) is 65.6 Å². The first-order valence-electron chi connectivity index (χ1n) is 13.0. The second kappa shape index (κ2) is 17.0. The van der Waals surface area contributed by atoms with Crippen LogP contribution in [0.15, 0.2) is 53.3 Å². The van der Waals surface area contributed by atoms with Crippen molar-refractivity contribution in [1.29, 1.82) is 0 Å². The van der Waals surface area contributed by atoms with Gasteiger partial charge in [0, 0.05) is 25.0 Å². The number of carbonyl (C=O) groups excluding carboxylic acids is 2. The minimum Gasteiger partial charge on any atom is -0.489 e. The van der Waals surface area contributed by atoms with Crippen molar-refractivity contribution in [2.75, 3.05) is 30.6 Å². The van der Waals surface area contributed by atoms with Crippen LogP contribution in [0.25, 0.3) is 0 Å². The van der Waals surface area contributed by atoms with Gasteiger partial charge in [-0.15, -0.1) is 11.6 Å². The number of hydrogen-bond acceptors (Lipinski definition) is 8. The fraction of sp³-hybridized carbons (Fsp3) is 0.517. The monoisotopic (exact) mass is 652 g/mol. The number of hydrogen-bond donors (Lipinski definition) is 0. The maximum absolute atomic E-state index is 12.0. The third kappa shape index (κ3) is 12.7. The predicted octanol–water partition coefficient (Wildman–Crippen LogP) is 6.52. The van der Waals surface area contributed by atoms with Crippen molar-refractivity contribution in [3.8, 4) is 5.75 Å². The van der Waals surface area contributed by atoms with Gasteiger partial charge in [-0.2, -0.15) is 0 Å². The van der Waals surface area contributed by atoms with Gasteiger partial charge in [-0.05, 0) is 35.8 Å². The molecular weight excluding hydrogens is 615 g/mol. The third-order valence-electron chi connectivity index (χ3n) is 5.93. The lowest BCUT2D eigenvalue weighted by molar-refractivity contribution is -0.147. The van der Waals surface area contributed by atoms with Crippen LogP contribution in [0, 0.1) is 0 Å². The second-order valence-electron chi connectivity index (χ2n) is 9.69. The molecule has 0 spiro atoms. The predicted molar refractivity (Wildman–Crippen MR) is 164 cm³/mol. The number of allylic oxidation sites excluding steroid dienone is 4. The van der Waals surface area contributed by atoms with Crippen molar-refractivity contribution in [1.82, 2.24) is 0 Å². The van der Waals surface area contributed by atoms with Crippen LogP contribution in [-0.2, 0) is 39.1 Å². The zero-order valence-corrected chi connectivity index (χ0v) is 27.4. The lowest BCUT2D eigenvalue weighted by Crippen LogP contribution is -2.31. The fourth-order valence-electron chi connectivity index (χ4n) is 3.65. The van der Waals surface area contributed by atoms with E-state index in [1.807, 2.05) is 32.9 Å². The summed E-state index contributed by atoms with van der Waals surface area (Å²) in [5, 5.41) is 0.560. The second-order valence-corrected chi connectivity index (χ2v) is 13.2. The molecule has 0 radical (unpaired) electrons. The van der Waals surface area contributed by atoms with Crippen molar-refractivity contribution < 1.29 is 37.0 Å². The summed E-state index contributed by atoms with van der Waals surface area (Å²) in [5.74, 6) is -0.945. The summed E-state index contributed by atoms with van der Waals surface area (Å²) in [6.07, 6.45) is 2.83. The smallest absolute Gasteiger partial charge is 0.303 e. The van der Waals surface area contributed by atoms with Crippen LogP contribution in [0.3, 0.4) is 0 Å². The Hall–Kier alpha value is -2.20. The van der Waals surface area contributed by atoms with Crippen LogP contribution in [-0.4, -0.2) is 63.2 Å². The topological polar surface area (TPSA) is 105 Å². The molecule has 1 aromatic carbocycles. The number of esters is 2. The Morgan fingerprint density at radius 2 is 1.68 bits per heavy atom. The van der Waals surface area contributed by atoms with E-state index in [0.717, 1.165) is 11.1 Å². The molecule has 0 unspecified atom stereocenters. The van der Waals surface area contributed by atoms with E-state index in [1.54, 1.807) is 18.2 Å². The molecule has 0 N–H and O–H groups in total. The van der Waals surface area contributed by atoms with E-state index in [0.29, 0.717) is 17.2 Å². The molecule has 0 saturated heterocycles. The van der Waals surface area contributed by atoms with Crippen molar-refractivity contribution in [3.63, 3.8) is 0 Å². The molecule has 0 amide bonds. The number of ether oxygens (including phenoxy) is 4. The summed E-state index contributed by atoms with van der Waals surface area (Å²) in [5.41, 5.74) is 1.15. The minimum atomic E-state index is -3.42. The van der Waals surface area contributed by atoms with Gasteiger partial charge in [0.2, 0.25) is 0 Å². The van der Waals surface area contributed by atoms with Crippen LogP contribution < -0.4 is 4.74 Å². The van der Waals surface area contributed by atoms with Crippen LogP contribution in [0.4, 0.5) is 0 Å². The molecule has 2 atom stereocenters. The third-order valence-corrected chi connectivity index (χ3v) is 8.65. The summed E-state index contributed by atoms with van der Waals surface area (Å²) in [6.45, 7) is 13.7. The summed E-state index contributed by atoms with van der Waals surface area (Å²) in [6, 6.07) is 5.39. The summed E-state index contributed by atoms with van der Waals surface area (Å²) >= 11 is 18.9. The molecule has 1 rings (SSSR count). The number of rotatable bonds is 17. The van der Waals surface area contributed by atoms with Crippen molar-refractivity contribution >= 4 is 56.6 Å². The zero-order chi connectivity index (χ0) is 31.4. The molecule has 0 aliphatic carbocycles. The van der Waals surface area contributed by atoms with Crippen molar-refractivity contribution in [2.24, 2.45) is 0 Å². The highest BCUT2D eigenvalue weighted by Crippen LogP contribution is 2.38. The van der Waals surface area contributed by atoms with Crippen LogP contribution in [0.1, 0.15) is 53.5 Å². The summed E-state index contributed by atoms with van der Waals surface area (Å²) in [7, 11) is -3.42. The minimum absolute atomic E-state index is 0.0513. The van der Waals surface area contributed by atoms with Gasteiger partial charge >= 0.3 is 11.9 Å². The van der Waals surface area contributed by atoms with Gasteiger partial charge in [-0.3, -0.25) is 9.59 Å². The standard InChI is InChI=1S/C29H39Cl3O8S/c1-8-10-22(13-26(31)19(3)37-17-25(40-21(5)34)18-41(35,36)9-2)29(6,7)23-11-12-28(27(32)14-23)38-16-24(15-30)39-20(4)33/h10-14,24-25H,3,8-9,15-18H2,1-2,4-7H3/b22-10+,26-13+/t24-,25+/m1/s1. The SMILES string of the molecule is C=C(OC[C@@H](CS(=O)(=O)CC)OC(C)=O)/C(Cl)=C\C(=C/CC)C(C)(C)c1ccc(OC[C@@H](CCl)OC(C)=O)c(Cl)c1. The molecule has 0 saturated carbocycles. The fourth-order valence-corrected chi connectivity index (χ4v) is 5.17. The van der Waals surface area contributed by atoms with Gasteiger partial charge in [0.15, 0.2) is 9.84 Å². The molecule has 0 aliphatic heterocycles. The molecule has 230 valence electrons. The molecule has 0 aliphatic rings. The number of alkyl halides is 1. The first-order valence-corrected chi connectivity index (χ1v) is 16.1. The van der Waals surface area contributed by atoms with E-state index in [-0.39, 0.29) is 41.4 Å². The Kier molecular flexibility index (Phi) is 15.3. The lowest BCUT2D eigenvalue weighted by atomic mass is 9.77. The van der Waals surface area contributed by atoms with E-state index < -0.39 is 39.4 Å². The highest BCUT2D eigenvalue weighted by molar-refractivity contribution is 7.91. The van der Waals surface area contributed by atoms with Gasteiger partial charge in [0.1, 0.15) is 36.9 Å².